The number of alkyl halides is 3. The van der Waals surface area contributed by atoms with Crippen LogP contribution in [0.1, 0.15) is 72.8 Å². The molecule has 57 heavy (non-hydrogen) atoms. The van der Waals surface area contributed by atoms with E-state index in [1.807, 2.05) is 84.9 Å². The van der Waals surface area contributed by atoms with Crippen molar-refractivity contribution in [3.05, 3.63) is 130 Å². The molecule has 3 aliphatic heterocycles. The van der Waals surface area contributed by atoms with Gasteiger partial charge >= 0.3 is 12.1 Å². The van der Waals surface area contributed by atoms with Gasteiger partial charge in [-0.3, -0.25) is 9.59 Å². The molecule has 3 N–H and O–H groups in total. The number of likely N-dealkylation sites (tertiary alicyclic amines) is 2. The number of carbonyl (C=O) groups excluding carboxylic acids is 2. The van der Waals surface area contributed by atoms with Gasteiger partial charge in [0, 0.05) is 49.2 Å². The molecule has 3 saturated heterocycles. The number of hydrogen-bond donors (Lipinski definition) is 3. The second-order valence-electron chi connectivity index (χ2n) is 15.4. The Morgan fingerprint density at radius 2 is 1.56 bits per heavy atom. The van der Waals surface area contributed by atoms with Crippen molar-refractivity contribution >= 4 is 23.4 Å². The monoisotopic (exact) mass is 805 g/mol. The molecule has 0 bridgehead atoms. The van der Waals surface area contributed by atoms with Crippen molar-refractivity contribution in [1.29, 1.82) is 0 Å². The first-order chi connectivity index (χ1) is 27.3. The van der Waals surface area contributed by atoms with Crippen LogP contribution in [-0.2, 0) is 37.8 Å². The standard InChI is InChI=1S/C44H47ClF3N3O6/c1-28-38(26-50-21-18-43(55,19-22-50)35-14-16-36(45)17-15-35)56-41(57-39(28)31-12-10-29(27-52)11-13-31)34-8-3-7-33(24-34)32-6-2-5-30(23-32)25-49-40(53)37-9-4-20-51(37)42(54)44(46,47)48/h2-3,5-8,10-17,23-24,28,37-39,41,52,55H,4,9,18-22,25-27H2,1H3,(H,49,53)/t28-,37+,38+,39+,41+/m1/s1. The van der Waals surface area contributed by atoms with E-state index in [0.717, 1.165) is 38.9 Å². The summed E-state index contributed by atoms with van der Waals surface area (Å²) in [6, 6.07) is 29.4. The Balaban J connectivity index is 1.06. The maximum atomic E-state index is 13.1. The van der Waals surface area contributed by atoms with Crippen molar-refractivity contribution in [2.45, 2.75) is 82.1 Å². The molecule has 0 aliphatic carbocycles. The molecular formula is C44H47ClF3N3O6. The maximum absolute atomic E-state index is 13.1. The summed E-state index contributed by atoms with van der Waals surface area (Å²) < 4.78 is 52.9. The van der Waals surface area contributed by atoms with E-state index < -0.39 is 35.9 Å². The predicted octanol–water partition coefficient (Wildman–Crippen LogP) is 7.44. The highest BCUT2D eigenvalue weighted by Crippen LogP contribution is 2.43. The zero-order chi connectivity index (χ0) is 40.3. The first-order valence-corrected chi connectivity index (χ1v) is 19.8. The molecule has 0 spiro atoms. The van der Waals surface area contributed by atoms with Crippen molar-refractivity contribution < 1.29 is 42.4 Å². The van der Waals surface area contributed by atoms with E-state index in [9.17, 15) is 33.0 Å². The van der Waals surface area contributed by atoms with E-state index >= 15 is 0 Å². The number of amides is 2. The molecule has 9 nitrogen and oxygen atoms in total. The molecule has 0 saturated carbocycles. The van der Waals surface area contributed by atoms with Crippen molar-refractivity contribution in [2.75, 3.05) is 26.2 Å². The highest BCUT2D eigenvalue weighted by Gasteiger charge is 2.48. The molecule has 4 aromatic carbocycles. The molecule has 3 fully saturated rings. The smallest absolute Gasteiger partial charge is 0.392 e. The Labute approximate surface area is 335 Å². The molecule has 13 heteroatoms. The van der Waals surface area contributed by atoms with Crippen LogP contribution in [0.25, 0.3) is 11.1 Å². The number of hydrogen-bond acceptors (Lipinski definition) is 7. The van der Waals surface area contributed by atoms with Gasteiger partial charge < -0.3 is 34.8 Å². The van der Waals surface area contributed by atoms with Gasteiger partial charge in [0.2, 0.25) is 5.91 Å². The number of rotatable bonds is 10. The lowest BCUT2D eigenvalue weighted by atomic mass is 9.84. The molecule has 5 atom stereocenters. The Bertz CT molecular complexity index is 2020. The van der Waals surface area contributed by atoms with Gasteiger partial charge in [0.25, 0.3) is 0 Å². The van der Waals surface area contributed by atoms with Gasteiger partial charge in [-0.05, 0) is 83.3 Å². The van der Waals surface area contributed by atoms with E-state index in [1.54, 1.807) is 12.1 Å². The minimum absolute atomic E-state index is 0.0312. The van der Waals surface area contributed by atoms with Crippen molar-refractivity contribution in [1.82, 2.24) is 15.1 Å². The zero-order valence-corrected chi connectivity index (χ0v) is 32.4. The Morgan fingerprint density at radius 3 is 2.25 bits per heavy atom. The summed E-state index contributed by atoms with van der Waals surface area (Å²) in [5, 5.41) is 24.5. The van der Waals surface area contributed by atoms with Crippen LogP contribution in [0.5, 0.6) is 0 Å². The number of aliphatic hydroxyl groups excluding tert-OH is 1. The maximum Gasteiger partial charge on any atom is 0.471 e. The zero-order valence-electron chi connectivity index (χ0n) is 31.6. The van der Waals surface area contributed by atoms with Crippen molar-refractivity contribution in [3.63, 3.8) is 0 Å². The third kappa shape index (κ3) is 9.38. The fraction of sp³-hybridized carbons (Fsp3) is 0.409. The fourth-order valence-corrected chi connectivity index (χ4v) is 8.34. The summed E-state index contributed by atoms with van der Waals surface area (Å²) in [5.74, 6) is -2.64. The van der Waals surface area contributed by atoms with Gasteiger partial charge in [-0.2, -0.15) is 13.2 Å². The highest BCUT2D eigenvalue weighted by atomic mass is 35.5. The lowest BCUT2D eigenvalue weighted by Crippen LogP contribution is -2.50. The lowest BCUT2D eigenvalue weighted by molar-refractivity contribution is -0.277. The van der Waals surface area contributed by atoms with Gasteiger partial charge in [-0.25, -0.2) is 0 Å². The summed E-state index contributed by atoms with van der Waals surface area (Å²) in [4.78, 5) is 27.8. The van der Waals surface area contributed by atoms with E-state index in [1.165, 1.54) is 0 Å². The number of aliphatic hydroxyl groups is 2. The molecule has 4 aromatic rings. The average molecular weight is 806 g/mol. The van der Waals surface area contributed by atoms with E-state index in [2.05, 4.69) is 17.1 Å². The summed E-state index contributed by atoms with van der Waals surface area (Å²) in [6.07, 6.45) is -4.63. The summed E-state index contributed by atoms with van der Waals surface area (Å²) in [7, 11) is 0. The predicted molar refractivity (Wildman–Crippen MR) is 209 cm³/mol. The molecule has 3 aliphatic rings. The minimum Gasteiger partial charge on any atom is -0.392 e. The first kappa shape index (κ1) is 40.9. The molecular weight excluding hydrogens is 759 g/mol. The average Bonchev–Trinajstić information content (AvgIpc) is 3.71. The molecule has 0 aromatic heterocycles. The Hall–Kier alpha value is -4.30. The number of benzene rings is 4. The number of nitrogens with zero attached hydrogens (tertiary/aromatic N) is 2. The SMILES string of the molecule is C[C@@H]1[C@H](CN2CCC(O)(c3ccc(Cl)cc3)CC2)O[C@H](c2cccc(-c3cccc(CNC(=O)[C@@H]4CCCN4C(=O)C(F)(F)F)c3)c2)O[C@@H]1c1ccc(CO)cc1. The molecule has 0 unspecified atom stereocenters. The van der Waals surface area contributed by atoms with Gasteiger partial charge in [0.05, 0.1) is 24.4 Å². The van der Waals surface area contributed by atoms with Crippen LogP contribution in [0, 0.1) is 5.92 Å². The summed E-state index contributed by atoms with van der Waals surface area (Å²) >= 11 is 6.10. The lowest BCUT2D eigenvalue weighted by Gasteiger charge is -2.45. The first-order valence-electron chi connectivity index (χ1n) is 19.4. The van der Waals surface area contributed by atoms with Crippen LogP contribution in [0.4, 0.5) is 13.2 Å². The number of carbonyl (C=O) groups is 2. The topological polar surface area (TPSA) is 112 Å². The number of halogens is 4. The Morgan fingerprint density at radius 1 is 0.877 bits per heavy atom. The summed E-state index contributed by atoms with van der Waals surface area (Å²) in [5.41, 5.74) is 5.00. The van der Waals surface area contributed by atoms with Gasteiger partial charge in [0.15, 0.2) is 6.29 Å². The van der Waals surface area contributed by atoms with Gasteiger partial charge in [-0.1, -0.05) is 91.3 Å². The van der Waals surface area contributed by atoms with Crippen LogP contribution in [-0.4, -0.2) is 76.3 Å². The second kappa shape index (κ2) is 17.3. The van der Waals surface area contributed by atoms with Crippen LogP contribution in [0.3, 0.4) is 0 Å². The van der Waals surface area contributed by atoms with E-state index in [0.29, 0.717) is 48.8 Å². The number of nitrogens with one attached hydrogen (secondary N) is 1. The molecule has 2 amide bonds. The van der Waals surface area contributed by atoms with Crippen LogP contribution >= 0.6 is 11.6 Å². The van der Waals surface area contributed by atoms with Crippen LogP contribution in [0.2, 0.25) is 5.02 Å². The minimum atomic E-state index is -5.04. The largest absolute Gasteiger partial charge is 0.471 e. The number of piperidine rings is 1. The van der Waals surface area contributed by atoms with E-state index in [4.69, 9.17) is 21.1 Å². The van der Waals surface area contributed by atoms with Crippen molar-refractivity contribution in [2.24, 2.45) is 5.92 Å². The van der Waals surface area contributed by atoms with Gasteiger partial charge in [-0.15, -0.1) is 0 Å². The molecule has 0 radical (unpaired) electrons. The summed E-state index contributed by atoms with van der Waals surface area (Å²) in [6.45, 7) is 4.04. The third-order valence-electron chi connectivity index (χ3n) is 11.6. The third-order valence-corrected chi connectivity index (χ3v) is 11.8. The van der Waals surface area contributed by atoms with E-state index in [-0.39, 0.29) is 44.2 Å². The quantitative estimate of drug-likeness (QED) is 0.153. The fourth-order valence-electron chi connectivity index (χ4n) is 8.21. The highest BCUT2D eigenvalue weighted by molar-refractivity contribution is 6.30. The number of ether oxygens (including phenoxy) is 2. The van der Waals surface area contributed by atoms with Gasteiger partial charge in [0.1, 0.15) is 6.04 Å². The molecule has 3 heterocycles. The normalized spacial score (nSPS) is 24.0. The molecule has 302 valence electrons. The van der Waals surface area contributed by atoms with Crippen LogP contribution < -0.4 is 5.32 Å². The Kier molecular flexibility index (Phi) is 12.4. The van der Waals surface area contributed by atoms with Crippen molar-refractivity contribution in [3.8, 4) is 11.1 Å². The second-order valence-corrected chi connectivity index (χ2v) is 15.8. The van der Waals surface area contributed by atoms with Crippen LogP contribution in [0.15, 0.2) is 97.1 Å². The molecule has 7 rings (SSSR count).